The van der Waals surface area contributed by atoms with Crippen molar-refractivity contribution in [3.8, 4) is 11.3 Å². The first-order valence-electron chi connectivity index (χ1n) is 7.90. The number of rotatable bonds is 5. The van der Waals surface area contributed by atoms with Gasteiger partial charge in [0.25, 0.3) is 0 Å². The number of ketones is 1. The van der Waals surface area contributed by atoms with Crippen molar-refractivity contribution in [1.29, 1.82) is 0 Å². The second-order valence-electron chi connectivity index (χ2n) is 5.56. The van der Waals surface area contributed by atoms with E-state index in [4.69, 9.17) is 11.6 Å². The minimum atomic E-state index is 0.00244. The van der Waals surface area contributed by atoms with Crippen LogP contribution in [0.15, 0.2) is 71.9 Å². The molecule has 0 saturated heterocycles. The van der Waals surface area contributed by atoms with Gasteiger partial charge in [-0.05, 0) is 36.4 Å². The molecule has 0 unspecified atom stereocenters. The topological polar surface area (TPSA) is 60.2 Å². The number of aromatic nitrogens is 4. The predicted molar refractivity (Wildman–Crippen MR) is 103 cm³/mol. The molecule has 0 bridgehead atoms. The lowest BCUT2D eigenvalue weighted by Crippen LogP contribution is -2.03. The van der Waals surface area contributed by atoms with Crippen molar-refractivity contribution in [2.24, 2.45) is 0 Å². The second-order valence-corrected chi connectivity index (χ2v) is 6.93. The molecule has 2 aromatic carbocycles. The van der Waals surface area contributed by atoms with Gasteiger partial charge in [0.15, 0.2) is 11.4 Å². The van der Waals surface area contributed by atoms with E-state index in [1.807, 2.05) is 42.5 Å². The fourth-order valence-electron chi connectivity index (χ4n) is 2.47. The standard InChI is InChI=1S/C19H13ClN4OS/c20-15-8-6-14(7-9-15)17(25)12-26-19-22-21-18-11-10-16(23-24(18)19)13-4-2-1-3-5-13/h1-11H,12H2. The van der Waals surface area contributed by atoms with Gasteiger partial charge in [-0.15, -0.1) is 10.2 Å². The Hall–Kier alpha value is -2.70. The molecule has 4 aromatic rings. The second kappa shape index (κ2) is 7.27. The van der Waals surface area contributed by atoms with Crippen molar-refractivity contribution in [1.82, 2.24) is 19.8 Å². The molecule has 0 amide bonds. The van der Waals surface area contributed by atoms with E-state index >= 15 is 0 Å². The van der Waals surface area contributed by atoms with E-state index in [1.54, 1.807) is 28.8 Å². The lowest BCUT2D eigenvalue weighted by Gasteiger charge is -2.03. The van der Waals surface area contributed by atoms with Crippen molar-refractivity contribution in [3.63, 3.8) is 0 Å². The fourth-order valence-corrected chi connectivity index (χ4v) is 3.38. The third-order valence-corrected chi connectivity index (χ3v) is 4.97. The number of thioether (sulfide) groups is 1. The number of benzene rings is 2. The lowest BCUT2D eigenvalue weighted by molar-refractivity contribution is 0.102. The maximum absolute atomic E-state index is 12.3. The summed E-state index contributed by atoms with van der Waals surface area (Å²) in [5.41, 5.74) is 3.10. The molecule has 4 rings (SSSR count). The SMILES string of the molecule is O=C(CSc1nnc2ccc(-c3ccccc3)nn12)c1ccc(Cl)cc1. The van der Waals surface area contributed by atoms with Gasteiger partial charge < -0.3 is 0 Å². The normalized spacial score (nSPS) is 11.0. The van der Waals surface area contributed by atoms with E-state index in [-0.39, 0.29) is 11.5 Å². The van der Waals surface area contributed by atoms with Crippen LogP contribution in [0.2, 0.25) is 5.02 Å². The molecule has 0 atom stereocenters. The van der Waals surface area contributed by atoms with Gasteiger partial charge in [-0.2, -0.15) is 9.61 Å². The Morgan fingerprint density at radius 2 is 1.73 bits per heavy atom. The molecule has 0 N–H and O–H groups in total. The Balaban J connectivity index is 1.57. The number of halogens is 1. The highest BCUT2D eigenvalue weighted by molar-refractivity contribution is 7.99. The molecule has 2 heterocycles. The minimum Gasteiger partial charge on any atom is -0.293 e. The number of carbonyl (C=O) groups is 1. The average Bonchev–Trinajstić information content (AvgIpc) is 3.09. The van der Waals surface area contributed by atoms with Crippen molar-refractivity contribution < 1.29 is 4.79 Å². The largest absolute Gasteiger partial charge is 0.293 e. The van der Waals surface area contributed by atoms with Crippen LogP contribution in [-0.4, -0.2) is 31.3 Å². The average molecular weight is 381 g/mol. The maximum atomic E-state index is 12.3. The Morgan fingerprint density at radius 1 is 0.962 bits per heavy atom. The van der Waals surface area contributed by atoms with Gasteiger partial charge in [0.2, 0.25) is 5.16 Å². The molecule has 0 aliphatic heterocycles. The summed E-state index contributed by atoms with van der Waals surface area (Å²) >= 11 is 7.17. The summed E-state index contributed by atoms with van der Waals surface area (Å²) in [5, 5.41) is 14.1. The zero-order valence-corrected chi connectivity index (χ0v) is 15.1. The quantitative estimate of drug-likeness (QED) is 0.379. The third-order valence-electron chi connectivity index (χ3n) is 3.80. The Morgan fingerprint density at radius 3 is 2.50 bits per heavy atom. The van der Waals surface area contributed by atoms with Crippen molar-refractivity contribution >= 4 is 34.8 Å². The summed E-state index contributed by atoms with van der Waals surface area (Å²) in [6.07, 6.45) is 0. The predicted octanol–water partition coefficient (Wildman–Crippen LogP) is 4.42. The van der Waals surface area contributed by atoms with Gasteiger partial charge in [0.1, 0.15) is 0 Å². The number of Topliss-reactive ketones (excluding diaryl/α,β-unsaturated/α-hetero) is 1. The molecule has 0 aliphatic carbocycles. The van der Waals surface area contributed by atoms with Crippen LogP contribution < -0.4 is 0 Å². The van der Waals surface area contributed by atoms with Gasteiger partial charge in [-0.25, -0.2) is 0 Å². The molecule has 0 aliphatic rings. The zero-order valence-electron chi connectivity index (χ0n) is 13.5. The summed E-state index contributed by atoms with van der Waals surface area (Å²) in [6, 6.07) is 20.5. The van der Waals surface area contributed by atoms with Gasteiger partial charge >= 0.3 is 0 Å². The van der Waals surface area contributed by atoms with Crippen LogP contribution in [0.3, 0.4) is 0 Å². The number of nitrogens with zero attached hydrogens (tertiary/aromatic N) is 4. The minimum absolute atomic E-state index is 0.00244. The van der Waals surface area contributed by atoms with Gasteiger partial charge in [-0.1, -0.05) is 53.7 Å². The summed E-state index contributed by atoms with van der Waals surface area (Å²) in [6.45, 7) is 0. The monoisotopic (exact) mass is 380 g/mol. The molecule has 0 fully saturated rings. The molecule has 7 heteroatoms. The summed E-state index contributed by atoms with van der Waals surface area (Å²) in [5.74, 6) is 0.252. The van der Waals surface area contributed by atoms with Crippen molar-refractivity contribution in [2.75, 3.05) is 5.75 Å². The highest BCUT2D eigenvalue weighted by atomic mass is 35.5. The van der Waals surface area contributed by atoms with Crippen LogP contribution in [0.25, 0.3) is 16.9 Å². The van der Waals surface area contributed by atoms with Crippen LogP contribution in [0, 0.1) is 0 Å². The summed E-state index contributed by atoms with van der Waals surface area (Å²) < 4.78 is 1.67. The molecule has 26 heavy (non-hydrogen) atoms. The van der Waals surface area contributed by atoms with E-state index in [1.165, 1.54) is 11.8 Å². The Kier molecular flexibility index (Phi) is 4.69. The maximum Gasteiger partial charge on any atom is 0.212 e. The van der Waals surface area contributed by atoms with Crippen LogP contribution in [0.5, 0.6) is 0 Å². The Labute approximate surface area is 159 Å². The summed E-state index contributed by atoms with van der Waals surface area (Å²) in [7, 11) is 0. The smallest absolute Gasteiger partial charge is 0.212 e. The first kappa shape index (κ1) is 16.8. The van der Waals surface area contributed by atoms with Crippen molar-refractivity contribution in [2.45, 2.75) is 5.16 Å². The van der Waals surface area contributed by atoms with E-state index in [0.29, 0.717) is 21.4 Å². The highest BCUT2D eigenvalue weighted by Crippen LogP contribution is 2.21. The third kappa shape index (κ3) is 3.47. The van der Waals surface area contributed by atoms with Gasteiger partial charge in [0.05, 0.1) is 11.4 Å². The first-order valence-corrected chi connectivity index (χ1v) is 9.26. The van der Waals surface area contributed by atoms with E-state index < -0.39 is 0 Å². The van der Waals surface area contributed by atoms with Crippen LogP contribution >= 0.6 is 23.4 Å². The number of carbonyl (C=O) groups excluding carboxylic acids is 1. The zero-order chi connectivity index (χ0) is 17.9. The number of hydrogen-bond acceptors (Lipinski definition) is 5. The molecule has 0 radical (unpaired) electrons. The van der Waals surface area contributed by atoms with Crippen LogP contribution in [0.1, 0.15) is 10.4 Å². The van der Waals surface area contributed by atoms with Crippen LogP contribution in [0.4, 0.5) is 0 Å². The molecule has 128 valence electrons. The molecular formula is C19H13ClN4OS. The van der Waals surface area contributed by atoms with Gasteiger partial charge in [0, 0.05) is 16.1 Å². The molecule has 2 aromatic heterocycles. The number of hydrogen-bond donors (Lipinski definition) is 0. The van der Waals surface area contributed by atoms with E-state index in [2.05, 4.69) is 15.3 Å². The Bertz CT molecular complexity index is 1060. The first-order chi connectivity index (χ1) is 12.7. The summed E-state index contributed by atoms with van der Waals surface area (Å²) in [4.78, 5) is 12.3. The van der Waals surface area contributed by atoms with E-state index in [0.717, 1.165) is 11.3 Å². The fraction of sp³-hybridized carbons (Fsp3) is 0.0526. The molecule has 0 saturated carbocycles. The van der Waals surface area contributed by atoms with E-state index in [9.17, 15) is 4.79 Å². The molecular weight excluding hydrogens is 368 g/mol. The van der Waals surface area contributed by atoms with Crippen LogP contribution in [-0.2, 0) is 0 Å². The van der Waals surface area contributed by atoms with Gasteiger partial charge in [-0.3, -0.25) is 4.79 Å². The molecule has 5 nitrogen and oxygen atoms in total. The molecule has 0 spiro atoms. The lowest BCUT2D eigenvalue weighted by atomic mass is 10.1. The number of fused-ring (bicyclic) bond motifs is 1. The highest BCUT2D eigenvalue weighted by Gasteiger charge is 2.12. The van der Waals surface area contributed by atoms with Crippen molar-refractivity contribution in [3.05, 3.63) is 77.3 Å².